The van der Waals surface area contributed by atoms with Crippen LogP contribution in [0.3, 0.4) is 0 Å². The van der Waals surface area contributed by atoms with Crippen LogP contribution < -0.4 is 10.1 Å². The van der Waals surface area contributed by atoms with Gasteiger partial charge in [-0.3, -0.25) is 9.59 Å². The molecule has 0 aromatic heterocycles. The Kier molecular flexibility index (Phi) is 14.1. The number of rotatable bonds is 17. The molecule has 0 aliphatic heterocycles. The van der Waals surface area contributed by atoms with E-state index in [-0.39, 0.29) is 12.3 Å². The van der Waals surface area contributed by atoms with E-state index in [0.717, 1.165) is 18.1 Å². The maximum absolute atomic E-state index is 12.2. The highest BCUT2D eigenvalue weighted by Gasteiger charge is 2.08. The molecule has 0 heterocycles. The van der Waals surface area contributed by atoms with Crippen molar-refractivity contribution in [2.45, 2.75) is 83.3 Å². The first-order valence-electron chi connectivity index (χ1n) is 10.8. The number of carbonyl (C=O) groups excluding carboxylic acids is 1. The minimum atomic E-state index is -0.789. The zero-order valence-corrected chi connectivity index (χ0v) is 18.8. The van der Waals surface area contributed by atoms with E-state index in [9.17, 15) is 9.59 Å². The predicted octanol–water partition coefficient (Wildman–Crippen LogP) is 6.13. The van der Waals surface area contributed by atoms with Gasteiger partial charge in [0, 0.05) is 12.8 Å². The number of thioether (sulfide) groups is 1. The number of aliphatic carboxylic acids is 1. The summed E-state index contributed by atoms with van der Waals surface area (Å²) in [5.41, 5.74) is 0.679. The van der Waals surface area contributed by atoms with E-state index >= 15 is 0 Å². The Labute approximate surface area is 180 Å². The number of hydrogen-bond donors (Lipinski definition) is 2. The number of para-hydroxylation sites is 2. The molecule has 0 fully saturated rings. The summed E-state index contributed by atoms with van der Waals surface area (Å²) in [6.45, 7) is 4.92. The van der Waals surface area contributed by atoms with Gasteiger partial charge in [0.1, 0.15) is 5.75 Å². The Morgan fingerprint density at radius 1 is 0.966 bits per heavy atom. The van der Waals surface area contributed by atoms with E-state index in [1.165, 1.54) is 31.4 Å². The number of carboxylic acid groups (broad SMARTS) is 1. The van der Waals surface area contributed by atoms with E-state index in [2.05, 4.69) is 19.2 Å². The number of unbranched alkanes of at least 4 members (excludes halogenated alkanes) is 6. The summed E-state index contributed by atoms with van der Waals surface area (Å²) in [4.78, 5) is 22.7. The molecule has 0 atom stereocenters. The molecule has 0 bridgehead atoms. The largest absolute Gasteiger partial charge is 0.491 e. The molecule has 2 N–H and O–H groups in total. The van der Waals surface area contributed by atoms with Gasteiger partial charge in [0.15, 0.2) is 0 Å². The number of carbonyl (C=O) groups is 2. The average Bonchev–Trinajstić information content (AvgIpc) is 2.67. The number of nitrogens with one attached hydrogen (secondary N) is 1. The molecule has 1 amide bonds. The maximum atomic E-state index is 12.2. The van der Waals surface area contributed by atoms with Crippen LogP contribution in [0, 0.1) is 0 Å². The molecule has 1 aromatic carbocycles. The highest BCUT2D eigenvalue weighted by molar-refractivity contribution is 7.99. The molecular weight excluding hydrogens is 386 g/mol. The van der Waals surface area contributed by atoms with Crippen molar-refractivity contribution in [3.8, 4) is 5.75 Å². The van der Waals surface area contributed by atoms with Crippen molar-refractivity contribution < 1.29 is 19.4 Å². The molecule has 0 unspecified atom stereocenters. The lowest BCUT2D eigenvalue weighted by Crippen LogP contribution is -2.12. The number of ether oxygens (including phenoxy) is 1. The van der Waals surface area contributed by atoms with Crippen molar-refractivity contribution in [2.24, 2.45) is 0 Å². The first kappa shape index (κ1) is 25.3. The second-order valence-corrected chi connectivity index (χ2v) is 9.22. The zero-order valence-electron chi connectivity index (χ0n) is 18.0. The van der Waals surface area contributed by atoms with Gasteiger partial charge in [0.05, 0.1) is 12.3 Å². The smallest absolute Gasteiger partial charge is 0.303 e. The number of benzene rings is 1. The minimum absolute atomic E-state index is 0.0141. The van der Waals surface area contributed by atoms with Crippen LogP contribution in [0.25, 0.3) is 0 Å². The molecule has 5 nitrogen and oxygen atoms in total. The number of carboxylic acids is 1. The lowest BCUT2D eigenvalue weighted by Gasteiger charge is -2.12. The zero-order chi connectivity index (χ0) is 21.3. The van der Waals surface area contributed by atoms with Crippen LogP contribution in [0.15, 0.2) is 24.3 Å². The highest BCUT2D eigenvalue weighted by Crippen LogP contribution is 2.24. The quantitative estimate of drug-likeness (QED) is 0.295. The third-order valence-electron chi connectivity index (χ3n) is 4.45. The van der Waals surface area contributed by atoms with Crippen LogP contribution >= 0.6 is 11.8 Å². The van der Waals surface area contributed by atoms with E-state index in [1.54, 1.807) is 0 Å². The summed E-state index contributed by atoms with van der Waals surface area (Å²) in [7, 11) is 0. The van der Waals surface area contributed by atoms with E-state index in [0.29, 0.717) is 37.3 Å². The van der Waals surface area contributed by atoms with Crippen LogP contribution in [-0.2, 0) is 9.59 Å². The molecule has 6 heteroatoms. The number of amides is 1. The van der Waals surface area contributed by atoms with Crippen LogP contribution in [0.1, 0.15) is 78.1 Å². The topological polar surface area (TPSA) is 75.6 Å². The summed E-state index contributed by atoms with van der Waals surface area (Å²) < 4.78 is 5.71. The summed E-state index contributed by atoms with van der Waals surface area (Å²) in [6, 6.07) is 7.39. The fourth-order valence-corrected chi connectivity index (χ4v) is 3.72. The first-order chi connectivity index (χ1) is 14.0. The van der Waals surface area contributed by atoms with Crippen molar-refractivity contribution in [1.82, 2.24) is 0 Å². The van der Waals surface area contributed by atoms with E-state index in [1.807, 2.05) is 36.0 Å². The summed E-state index contributed by atoms with van der Waals surface area (Å²) in [6.07, 6.45) is 8.94. The summed E-state index contributed by atoms with van der Waals surface area (Å²) >= 11 is 2.03. The third-order valence-corrected chi connectivity index (χ3v) is 5.64. The minimum Gasteiger partial charge on any atom is -0.491 e. The van der Waals surface area contributed by atoms with Crippen LogP contribution in [0.5, 0.6) is 5.75 Å². The Morgan fingerprint density at radius 3 is 2.34 bits per heavy atom. The van der Waals surface area contributed by atoms with Gasteiger partial charge < -0.3 is 15.2 Å². The predicted molar refractivity (Wildman–Crippen MR) is 122 cm³/mol. The van der Waals surface area contributed by atoms with E-state index < -0.39 is 5.97 Å². The lowest BCUT2D eigenvalue weighted by molar-refractivity contribution is -0.137. The molecule has 0 saturated heterocycles. The van der Waals surface area contributed by atoms with E-state index in [4.69, 9.17) is 9.84 Å². The molecule has 1 rings (SSSR count). The second kappa shape index (κ2) is 16.1. The molecule has 1 aromatic rings. The van der Waals surface area contributed by atoms with Gasteiger partial charge in [0.25, 0.3) is 0 Å². The maximum Gasteiger partial charge on any atom is 0.303 e. The first-order valence-corrected chi connectivity index (χ1v) is 11.9. The SMILES string of the molecule is CC(C)SCCCCCCCCC(=O)Nc1ccccc1OCCCCC(=O)O. The van der Waals surface area contributed by atoms with Crippen molar-refractivity contribution >= 4 is 29.3 Å². The van der Waals surface area contributed by atoms with Crippen LogP contribution in [0.4, 0.5) is 5.69 Å². The second-order valence-electron chi connectivity index (χ2n) is 7.53. The fraction of sp³-hybridized carbons (Fsp3) is 0.652. The third kappa shape index (κ3) is 14.0. The van der Waals surface area contributed by atoms with Crippen LogP contribution in [-0.4, -0.2) is 34.6 Å². The molecule has 0 spiro atoms. The van der Waals surface area contributed by atoms with Gasteiger partial charge in [0.2, 0.25) is 5.91 Å². The summed E-state index contributed by atoms with van der Waals surface area (Å²) in [5, 5.41) is 12.3. The van der Waals surface area contributed by atoms with Gasteiger partial charge in [-0.25, -0.2) is 0 Å². The highest BCUT2D eigenvalue weighted by atomic mass is 32.2. The molecule has 0 radical (unpaired) electrons. The van der Waals surface area contributed by atoms with Gasteiger partial charge in [-0.05, 0) is 48.8 Å². The molecule has 29 heavy (non-hydrogen) atoms. The Balaban J connectivity index is 2.16. The van der Waals surface area contributed by atoms with Crippen LogP contribution in [0.2, 0.25) is 0 Å². The van der Waals surface area contributed by atoms with Gasteiger partial charge in [-0.15, -0.1) is 0 Å². The molecular formula is C23H37NO4S. The van der Waals surface area contributed by atoms with Gasteiger partial charge in [-0.1, -0.05) is 51.7 Å². The van der Waals surface area contributed by atoms with Crippen molar-refractivity contribution in [3.05, 3.63) is 24.3 Å². The average molecular weight is 424 g/mol. The lowest BCUT2D eigenvalue weighted by atomic mass is 10.1. The molecule has 0 saturated carbocycles. The van der Waals surface area contributed by atoms with Gasteiger partial charge in [-0.2, -0.15) is 11.8 Å². The Bertz CT molecular complexity index is 592. The molecule has 164 valence electrons. The van der Waals surface area contributed by atoms with Gasteiger partial charge >= 0.3 is 5.97 Å². The number of anilines is 1. The molecule has 0 aliphatic rings. The monoisotopic (exact) mass is 423 g/mol. The summed E-state index contributed by atoms with van der Waals surface area (Å²) in [5.74, 6) is 1.11. The van der Waals surface area contributed by atoms with Crippen molar-refractivity contribution in [2.75, 3.05) is 17.7 Å². The fourth-order valence-electron chi connectivity index (χ4n) is 2.88. The Hall–Kier alpha value is -1.69. The molecule has 0 aliphatic carbocycles. The van der Waals surface area contributed by atoms with Crippen molar-refractivity contribution in [3.63, 3.8) is 0 Å². The Morgan fingerprint density at radius 2 is 1.62 bits per heavy atom. The normalized spacial score (nSPS) is 10.9. The standard InChI is InChI=1S/C23H37NO4S/c1-19(2)29-18-12-6-4-3-5-7-15-22(25)24-20-13-8-9-14-21(20)28-17-11-10-16-23(26)27/h8-9,13-14,19H,3-7,10-12,15-18H2,1-2H3,(H,24,25)(H,26,27). The van der Waals surface area contributed by atoms with Crippen molar-refractivity contribution in [1.29, 1.82) is 0 Å². The number of hydrogen-bond acceptors (Lipinski definition) is 4.